The van der Waals surface area contributed by atoms with Crippen LogP contribution in [0.2, 0.25) is 0 Å². The van der Waals surface area contributed by atoms with E-state index in [2.05, 4.69) is 50.1 Å². The van der Waals surface area contributed by atoms with E-state index in [-0.39, 0.29) is 5.91 Å². The van der Waals surface area contributed by atoms with Gasteiger partial charge in [0.25, 0.3) is 5.91 Å². The smallest absolute Gasteiger partial charge is 0.254 e. The second-order valence-corrected chi connectivity index (χ2v) is 6.17. The first-order chi connectivity index (χ1) is 11.5. The van der Waals surface area contributed by atoms with Crippen LogP contribution in [0.3, 0.4) is 0 Å². The Kier molecular flexibility index (Phi) is 6.36. The molecule has 1 aromatic carbocycles. The molecule has 0 aliphatic carbocycles. The van der Waals surface area contributed by atoms with Gasteiger partial charge in [0, 0.05) is 30.5 Å². The molecule has 0 atom stereocenters. The van der Waals surface area contributed by atoms with E-state index < -0.39 is 0 Å². The quantitative estimate of drug-likeness (QED) is 0.802. The predicted molar refractivity (Wildman–Crippen MR) is 99.9 cm³/mol. The topological polar surface area (TPSA) is 45.2 Å². The molecule has 24 heavy (non-hydrogen) atoms. The van der Waals surface area contributed by atoms with Crippen molar-refractivity contribution in [3.05, 3.63) is 53.2 Å². The number of rotatable bonds is 7. The summed E-state index contributed by atoms with van der Waals surface area (Å²) < 4.78 is 0. The molecule has 0 unspecified atom stereocenters. The number of nitrogens with zero attached hydrogens (tertiary/aromatic N) is 2. The molecule has 4 nitrogen and oxygen atoms in total. The van der Waals surface area contributed by atoms with Crippen LogP contribution < -0.4 is 5.32 Å². The molecular formula is C20H27N3O. The van der Waals surface area contributed by atoms with E-state index in [4.69, 9.17) is 0 Å². The minimum atomic E-state index is 0.0739. The molecule has 0 aliphatic rings. The fraction of sp³-hybridized carbons (Fsp3) is 0.400. The van der Waals surface area contributed by atoms with Crippen LogP contribution in [0.1, 0.15) is 48.2 Å². The van der Waals surface area contributed by atoms with Crippen molar-refractivity contribution in [1.29, 1.82) is 0 Å². The molecule has 0 aliphatic heterocycles. The van der Waals surface area contributed by atoms with Gasteiger partial charge >= 0.3 is 0 Å². The van der Waals surface area contributed by atoms with Gasteiger partial charge in [-0.1, -0.05) is 31.5 Å². The number of carbonyl (C=O) groups excluding carboxylic acids is 1. The van der Waals surface area contributed by atoms with Gasteiger partial charge in [0.15, 0.2) is 0 Å². The number of benzene rings is 1. The van der Waals surface area contributed by atoms with Gasteiger partial charge in [0.05, 0.1) is 0 Å². The largest absolute Gasteiger partial charge is 0.340 e. The molecular weight excluding hydrogens is 298 g/mol. The Hall–Kier alpha value is -2.36. The van der Waals surface area contributed by atoms with Crippen LogP contribution >= 0.6 is 0 Å². The summed E-state index contributed by atoms with van der Waals surface area (Å²) in [4.78, 5) is 19.0. The summed E-state index contributed by atoms with van der Waals surface area (Å²) in [5.74, 6) is 0.769. The van der Waals surface area contributed by atoms with E-state index in [1.165, 1.54) is 5.56 Å². The summed E-state index contributed by atoms with van der Waals surface area (Å²) in [6.45, 7) is 9.90. The molecule has 1 amide bonds. The highest BCUT2D eigenvalue weighted by Gasteiger charge is 2.15. The van der Waals surface area contributed by atoms with Crippen LogP contribution in [0.25, 0.3) is 0 Å². The minimum absolute atomic E-state index is 0.0739. The van der Waals surface area contributed by atoms with Gasteiger partial charge in [-0.25, -0.2) is 4.98 Å². The molecule has 1 N–H and O–H groups in total. The van der Waals surface area contributed by atoms with Crippen LogP contribution in [0, 0.1) is 13.8 Å². The third kappa shape index (κ3) is 4.57. The van der Waals surface area contributed by atoms with Crippen molar-refractivity contribution < 1.29 is 4.79 Å². The molecule has 128 valence electrons. The van der Waals surface area contributed by atoms with Crippen LogP contribution in [-0.4, -0.2) is 28.9 Å². The van der Waals surface area contributed by atoms with Crippen LogP contribution in [-0.2, 0) is 0 Å². The maximum Gasteiger partial charge on any atom is 0.254 e. The number of amides is 1. The van der Waals surface area contributed by atoms with Crippen molar-refractivity contribution in [2.24, 2.45) is 0 Å². The van der Waals surface area contributed by atoms with Gasteiger partial charge in [-0.05, 0) is 50.5 Å². The maximum atomic E-state index is 12.7. The Morgan fingerprint density at radius 1 is 1.08 bits per heavy atom. The zero-order chi connectivity index (χ0) is 17.5. The van der Waals surface area contributed by atoms with Gasteiger partial charge in [-0.2, -0.15) is 0 Å². The first kappa shape index (κ1) is 18.0. The highest BCUT2D eigenvalue weighted by atomic mass is 16.2. The molecule has 1 heterocycles. The lowest BCUT2D eigenvalue weighted by atomic mass is 10.1. The Morgan fingerprint density at radius 2 is 1.79 bits per heavy atom. The van der Waals surface area contributed by atoms with Crippen molar-refractivity contribution in [3.8, 4) is 0 Å². The summed E-state index contributed by atoms with van der Waals surface area (Å²) in [5, 5.41) is 3.32. The fourth-order valence-corrected chi connectivity index (χ4v) is 2.76. The lowest BCUT2D eigenvalue weighted by Gasteiger charge is -2.21. The molecule has 1 aromatic heterocycles. The van der Waals surface area contributed by atoms with E-state index in [0.717, 1.165) is 37.2 Å². The van der Waals surface area contributed by atoms with Crippen LogP contribution in [0.15, 0.2) is 36.5 Å². The van der Waals surface area contributed by atoms with Gasteiger partial charge in [-0.15, -0.1) is 0 Å². The van der Waals surface area contributed by atoms with E-state index in [0.29, 0.717) is 11.4 Å². The number of carbonyl (C=O) groups is 1. The number of anilines is 2. The third-order valence-electron chi connectivity index (χ3n) is 3.93. The number of hydrogen-bond donors (Lipinski definition) is 1. The van der Waals surface area contributed by atoms with E-state index in [1.807, 2.05) is 17.0 Å². The van der Waals surface area contributed by atoms with Crippen LogP contribution in [0.5, 0.6) is 0 Å². The molecule has 0 saturated carbocycles. The highest BCUT2D eigenvalue weighted by molar-refractivity contribution is 5.95. The van der Waals surface area contributed by atoms with Crippen LogP contribution in [0.4, 0.5) is 11.5 Å². The SMILES string of the molecule is CCCN(CCC)C(=O)c1ccnc(Nc2ccc(C)cc2C)c1. The lowest BCUT2D eigenvalue weighted by Crippen LogP contribution is -2.32. The van der Waals surface area contributed by atoms with E-state index >= 15 is 0 Å². The molecule has 0 bridgehead atoms. The molecule has 2 rings (SSSR count). The monoisotopic (exact) mass is 325 g/mol. The van der Waals surface area contributed by atoms with Gasteiger partial charge < -0.3 is 10.2 Å². The second kappa shape index (κ2) is 8.48. The zero-order valence-electron chi connectivity index (χ0n) is 15.1. The average Bonchev–Trinajstić information content (AvgIpc) is 2.57. The molecule has 0 saturated heterocycles. The Balaban J connectivity index is 2.20. The second-order valence-electron chi connectivity index (χ2n) is 6.17. The highest BCUT2D eigenvalue weighted by Crippen LogP contribution is 2.21. The van der Waals surface area contributed by atoms with Gasteiger partial charge in [0.2, 0.25) is 0 Å². The van der Waals surface area contributed by atoms with Crippen molar-refractivity contribution in [2.45, 2.75) is 40.5 Å². The summed E-state index contributed by atoms with van der Waals surface area (Å²) in [7, 11) is 0. The lowest BCUT2D eigenvalue weighted by molar-refractivity contribution is 0.0755. The molecule has 2 aromatic rings. The van der Waals surface area contributed by atoms with Crippen molar-refractivity contribution >= 4 is 17.4 Å². The molecule has 0 fully saturated rings. The predicted octanol–water partition coefficient (Wildman–Crippen LogP) is 4.70. The van der Waals surface area contributed by atoms with Crippen molar-refractivity contribution in [3.63, 3.8) is 0 Å². The fourth-order valence-electron chi connectivity index (χ4n) is 2.76. The molecule has 4 heteroatoms. The summed E-state index contributed by atoms with van der Waals surface area (Å²) in [5.41, 5.74) is 4.08. The zero-order valence-corrected chi connectivity index (χ0v) is 15.1. The summed E-state index contributed by atoms with van der Waals surface area (Å²) in [6.07, 6.45) is 3.62. The Bertz CT molecular complexity index is 691. The summed E-state index contributed by atoms with van der Waals surface area (Å²) >= 11 is 0. The standard InChI is InChI=1S/C20H27N3O/c1-5-11-23(12-6-2)20(24)17-9-10-21-19(14-17)22-18-8-7-15(3)13-16(18)4/h7-10,13-14H,5-6,11-12H2,1-4H3,(H,21,22). The number of pyridine rings is 1. The van der Waals surface area contributed by atoms with Crippen molar-refractivity contribution in [1.82, 2.24) is 9.88 Å². The molecule has 0 spiro atoms. The van der Waals surface area contributed by atoms with E-state index in [9.17, 15) is 4.79 Å². The number of aryl methyl sites for hydroxylation is 2. The van der Waals surface area contributed by atoms with Crippen molar-refractivity contribution in [2.75, 3.05) is 18.4 Å². The minimum Gasteiger partial charge on any atom is -0.340 e. The van der Waals surface area contributed by atoms with E-state index in [1.54, 1.807) is 12.3 Å². The normalized spacial score (nSPS) is 10.5. The third-order valence-corrected chi connectivity index (χ3v) is 3.93. The Labute approximate surface area is 144 Å². The Morgan fingerprint density at radius 3 is 2.42 bits per heavy atom. The number of hydrogen-bond acceptors (Lipinski definition) is 3. The first-order valence-electron chi connectivity index (χ1n) is 8.64. The average molecular weight is 325 g/mol. The maximum absolute atomic E-state index is 12.7. The molecule has 0 radical (unpaired) electrons. The summed E-state index contributed by atoms with van der Waals surface area (Å²) in [6, 6.07) is 9.85. The number of aromatic nitrogens is 1. The van der Waals surface area contributed by atoms with Gasteiger partial charge in [0.1, 0.15) is 5.82 Å². The van der Waals surface area contributed by atoms with Gasteiger partial charge in [-0.3, -0.25) is 4.79 Å². The number of nitrogens with one attached hydrogen (secondary N) is 1. The first-order valence-corrected chi connectivity index (χ1v) is 8.64.